The zero-order valence-electron chi connectivity index (χ0n) is 7.15. The van der Waals surface area contributed by atoms with Gasteiger partial charge in [-0.1, -0.05) is 5.22 Å². The average Bonchev–Trinajstić information content (AvgIpc) is 2.78. The first-order valence-corrected chi connectivity index (χ1v) is 3.60. The van der Waals surface area contributed by atoms with Gasteiger partial charge in [-0.3, -0.25) is 0 Å². The van der Waals surface area contributed by atoms with E-state index in [1.165, 1.54) is 0 Å². The summed E-state index contributed by atoms with van der Waals surface area (Å²) in [4.78, 5) is 0. The molecular weight excluding hydrogens is 206 g/mol. The minimum Gasteiger partial charge on any atom is -0.378 e. The van der Waals surface area contributed by atoms with E-state index in [9.17, 15) is 0 Å². The number of anilines is 3. The van der Waals surface area contributed by atoms with E-state index in [0.717, 1.165) is 0 Å². The molecule has 11 nitrogen and oxygen atoms in total. The Morgan fingerprint density at radius 3 is 2.33 bits per heavy atom. The molecule has 5 N–H and O–H groups in total. The number of nitrogen functional groups attached to an aromatic ring is 2. The van der Waals surface area contributed by atoms with Gasteiger partial charge in [-0.25, -0.2) is 14.7 Å². The second-order valence-corrected chi connectivity index (χ2v) is 2.28. The van der Waals surface area contributed by atoms with E-state index in [1.54, 1.807) is 0 Å². The molecule has 0 unspecified atom stereocenters. The van der Waals surface area contributed by atoms with Gasteiger partial charge in [-0.05, 0) is 20.6 Å². The van der Waals surface area contributed by atoms with Crippen LogP contribution in [0.2, 0.25) is 0 Å². The van der Waals surface area contributed by atoms with Crippen LogP contribution in [0.1, 0.15) is 0 Å². The minimum atomic E-state index is 0.0202. The number of nitrogens with two attached hydrogens (primary N) is 2. The quantitative estimate of drug-likeness (QED) is 0.456. The van der Waals surface area contributed by atoms with E-state index in [1.807, 2.05) is 0 Å². The fourth-order valence-electron chi connectivity index (χ4n) is 0.653. The summed E-state index contributed by atoms with van der Waals surface area (Å²) in [5.41, 5.74) is 13.0. The van der Waals surface area contributed by atoms with Crippen LogP contribution in [0, 0.1) is 0 Å². The first-order valence-electron chi connectivity index (χ1n) is 3.60. The molecule has 0 atom stereocenters. The maximum absolute atomic E-state index is 5.33. The van der Waals surface area contributed by atoms with Crippen molar-refractivity contribution in [2.75, 3.05) is 16.9 Å². The summed E-state index contributed by atoms with van der Waals surface area (Å²) in [5, 5.41) is 20.3. The Hall–Kier alpha value is -2.72. The van der Waals surface area contributed by atoms with Gasteiger partial charge in [-0.15, -0.1) is 5.11 Å². The van der Waals surface area contributed by atoms with Crippen LogP contribution in [0.4, 0.5) is 23.3 Å². The molecule has 2 aromatic heterocycles. The molecule has 0 saturated carbocycles. The molecule has 2 rings (SSSR count). The lowest BCUT2D eigenvalue weighted by Gasteiger charge is -1.89. The number of hydrogen-bond acceptors (Lipinski definition) is 10. The molecule has 2 heterocycles. The summed E-state index contributed by atoms with van der Waals surface area (Å²) in [6.45, 7) is 0. The van der Waals surface area contributed by atoms with Crippen molar-refractivity contribution in [1.29, 1.82) is 0 Å². The van der Waals surface area contributed by atoms with Crippen molar-refractivity contribution in [3.05, 3.63) is 0 Å². The van der Waals surface area contributed by atoms with E-state index in [2.05, 4.69) is 45.6 Å². The van der Waals surface area contributed by atoms with E-state index in [0.29, 0.717) is 0 Å². The smallest absolute Gasteiger partial charge is 0.263 e. The normalized spacial score (nSPS) is 10.9. The van der Waals surface area contributed by atoms with Gasteiger partial charge in [0.15, 0.2) is 0 Å². The molecule has 0 fully saturated rings. The van der Waals surface area contributed by atoms with Gasteiger partial charge in [0, 0.05) is 0 Å². The number of aromatic nitrogens is 4. The maximum atomic E-state index is 5.33. The molecule has 0 aromatic carbocycles. The van der Waals surface area contributed by atoms with Crippen LogP contribution in [0.3, 0.4) is 0 Å². The summed E-state index contributed by atoms with van der Waals surface area (Å²) in [6, 6.07) is 0. The van der Waals surface area contributed by atoms with E-state index >= 15 is 0 Å². The second kappa shape index (κ2) is 3.57. The van der Waals surface area contributed by atoms with Crippen LogP contribution in [-0.2, 0) is 0 Å². The number of hydrogen-bond donors (Lipinski definition) is 3. The van der Waals surface area contributed by atoms with E-state index < -0.39 is 0 Å². The van der Waals surface area contributed by atoms with E-state index in [-0.39, 0.29) is 23.3 Å². The molecule has 0 spiro atoms. The average molecular weight is 211 g/mol. The van der Waals surface area contributed by atoms with Crippen LogP contribution >= 0.6 is 0 Å². The number of nitrogens with one attached hydrogen (secondary N) is 1. The Balaban J connectivity index is 2.02. The highest BCUT2D eigenvalue weighted by Gasteiger charge is 2.05. The highest BCUT2D eigenvalue weighted by atomic mass is 16.6. The molecule has 0 radical (unpaired) electrons. The van der Waals surface area contributed by atoms with Gasteiger partial charge in [0.05, 0.1) is 0 Å². The van der Waals surface area contributed by atoms with Crippen molar-refractivity contribution < 1.29 is 9.26 Å². The molecule has 0 aliphatic rings. The van der Waals surface area contributed by atoms with Crippen LogP contribution in [0.25, 0.3) is 0 Å². The molecule has 0 amide bonds. The third-order valence-corrected chi connectivity index (χ3v) is 1.31. The van der Waals surface area contributed by atoms with Crippen molar-refractivity contribution in [3.63, 3.8) is 0 Å². The van der Waals surface area contributed by atoms with Gasteiger partial charge < -0.3 is 11.5 Å². The first-order chi connectivity index (χ1) is 7.27. The standard InChI is InChI=1S/C4H5N9O2/c5-1-3(11-14-9-1)7-13-8-4-2(6)10-15-12-4/h(H2,5,9)(H2,6,10)(H,7,8,11,12). The van der Waals surface area contributed by atoms with E-state index in [4.69, 9.17) is 11.5 Å². The fraction of sp³-hybridized carbons (Fsp3) is 0. The third-order valence-electron chi connectivity index (χ3n) is 1.31. The van der Waals surface area contributed by atoms with Crippen molar-refractivity contribution in [1.82, 2.24) is 20.6 Å². The summed E-state index contributed by atoms with van der Waals surface area (Å²) >= 11 is 0. The lowest BCUT2D eigenvalue weighted by atomic mass is 10.7. The zero-order valence-corrected chi connectivity index (χ0v) is 7.15. The molecular formula is C4H5N9O2. The summed E-state index contributed by atoms with van der Waals surface area (Å²) in [5.74, 6) is 0.248. The lowest BCUT2D eigenvalue weighted by molar-refractivity contribution is 0.309. The summed E-state index contributed by atoms with van der Waals surface area (Å²) < 4.78 is 8.58. The molecule has 11 heteroatoms. The van der Waals surface area contributed by atoms with Crippen LogP contribution < -0.4 is 16.9 Å². The van der Waals surface area contributed by atoms with Crippen LogP contribution in [0.5, 0.6) is 0 Å². The Bertz CT molecular complexity index is 472. The lowest BCUT2D eigenvalue weighted by Crippen LogP contribution is -1.93. The van der Waals surface area contributed by atoms with Crippen molar-refractivity contribution >= 4 is 23.3 Å². The molecule has 0 aliphatic heterocycles. The Kier molecular flexibility index (Phi) is 2.11. The Labute approximate surface area is 81.4 Å². The number of rotatable bonds is 3. The summed E-state index contributed by atoms with van der Waals surface area (Å²) in [6.07, 6.45) is 0. The van der Waals surface area contributed by atoms with Crippen molar-refractivity contribution in [3.8, 4) is 0 Å². The zero-order chi connectivity index (χ0) is 10.7. The highest BCUT2D eigenvalue weighted by Crippen LogP contribution is 2.16. The Morgan fingerprint density at radius 1 is 1.00 bits per heavy atom. The topological polar surface area (TPSA) is 167 Å². The maximum Gasteiger partial charge on any atom is 0.263 e. The Morgan fingerprint density at radius 2 is 1.73 bits per heavy atom. The monoisotopic (exact) mass is 211 g/mol. The molecule has 0 aliphatic carbocycles. The van der Waals surface area contributed by atoms with Gasteiger partial charge in [0.1, 0.15) is 0 Å². The molecule has 0 bridgehead atoms. The second-order valence-electron chi connectivity index (χ2n) is 2.28. The molecule has 78 valence electrons. The molecule has 2 aromatic rings. The highest BCUT2D eigenvalue weighted by molar-refractivity contribution is 5.53. The molecule has 0 saturated heterocycles. The molecule has 15 heavy (non-hydrogen) atoms. The number of nitrogens with zero attached hydrogens (tertiary/aromatic N) is 6. The fourth-order valence-corrected chi connectivity index (χ4v) is 0.653. The third kappa shape index (κ3) is 1.79. The predicted octanol–water partition coefficient (Wildman–Crippen LogP) is -0.272. The van der Waals surface area contributed by atoms with Crippen LogP contribution in [0.15, 0.2) is 19.6 Å². The van der Waals surface area contributed by atoms with Gasteiger partial charge in [0.2, 0.25) is 17.5 Å². The largest absolute Gasteiger partial charge is 0.378 e. The van der Waals surface area contributed by atoms with Crippen molar-refractivity contribution in [2.24, 2.45) is 10.3 Å². The SMILES string of the molecule is Nc1nonc1N=NNc1nonc1N. The van der Waals surface area contributed by atoms with Gasteiger partial charge >= 0.3 is 0 Å². The first kappa shape index (κ1) is 8.86. The van der Waals surface area contributed by atoms with Gasteiger partial charge in [-0.2, -0.15) is 0 Å². The summed E-state index contributed by atoms with van der Waals surface area (Å²) in [7, 11) is 0. The van der Waals surface area contributed by atoms with Crippen LogP contribution in [-0.4, -0.2) is 20.6 Å². The van der Waals surface area contributed by atoms with Crippen molar-refractivity contribution in [2.45, 2.75) is 0 Å². The predicted molar refractivity (Wildman–Crippen MR) is 45.6 cm³/mol. The minimum absolute atomic E-state index is 0.0202. The van der Waals surface area contributed by atoms with Gasteiger partial charge in [0.25, 0.3) is 5.82 Å².